The Bertz CT molecular complexity index is 548. The van der Waals surface area contributed by atoms with Gasteiger partial charge in [0.05, 0.1) is 5.56 Å². The molecular formula is C11H10N2O3S2. The van der Waals surface area contributed by atoms with E-state index in [0.717, 1.165) is 5.56 Å². The Morgan fingerprint density at radius 3 is 2.78 bits per heavy atom. The van der Waals surface area contributed by atoms with E-state index in [-0.39, 0.29) is 5.56 Å². The molecule has 94 valence electrons. The quantitative estimate of drug-likeness (QED) is 0.806. The van der Waals surface area contributed by atoms with Gasteiger partial charge in [0.15, 0.2) is 0 Å². The Hall–Kier alpha value is -1.86. The van der Waals surface area contributed by atoms with E-state index in [1.165, 1.54) is 17.4 Å². The van der Waals surface area contributed by atoms with Gasteiger partial charge in [-0.05, 0) is 33.8 Å². The lowest BCUT2D eigenvalue weighted by Crippen LogP contribution is -2.28. The maximum Gasteiger partial charge on any atom is 0.338 e. The number of aromatic carboxylic acids is 1. The molecule has 0 unspecified atom stereocenters. The Morgan fingerprint density at radius 2 is 2.11 bits per heavy atom. The van der Waals surface area contributed by atoms with Crippen molar-refractivity contribution in [1.82, 2.24) is 5.32 Å². The molecule has 3 N–H and O–H groups in total. The lowest BCUT2D eigenvalue weighted by molar-refractivity contribution is 0.0698. The van der Waals surface area contributed by atoms with Crippen molar-refractivity contribution >= 4 is 39.7 Å². The number of carbonyl (C=O) groups is 2. The number of anilines is 1. The smallest absolute Gasteiger partial charge is 0.338 e. The molecule has 5 nitrogen and oxygen atoms in total. The first-order chi connectivity index (χ1) is 8.66. The zero-order valence-corrected chi connectivity index (χ0v) is 10.8. The molecule has 0 radical (unpaired) electrons. The van der Waals surface area contributed by atoms with E-state index < -0.39 is 12.0 Å². The maximum atomic E-state index is 11.6. The van der Waals surface area contributed by atoms with E-state index in [1.54, 1.807) is 16.7 Å². The highest BCUT2D eigenvalue weighted by Gasteiger charge is 2.13. The third-order valence-electron chi connectivity index (χ3n) is 2.16. The normalized spacial score (nSPS) is 10.0. The molecule has 0 aliphatic carbocycles. The van der Waals surface area contributed by atoms with Crippen LogP contribution in [0.5, 0.6) is 0 Å². The molecule has 2 heterocycles. The SMILES string of the molecule is O=C(NCc1ccsc1)Nc1sccc1C(=O)O. The van der Waals surface area contributed by atoms with Crippen LogP contribution in [0.15, 0.2) is 28.3 Å². The highest BCUT2D eigenvalue weighted by atomic mass is 32.1. The molecule has 7 heteroatoms. The molecule has 0 saturated heterocycles. The van der Waals surface area contributed by atoms with Crippen molar-refractivity contribution in [3.05, 3.63) is 39.4 Å². The van der Waals surface area contributed by atoms with Crippen LogP contribution >= 0.6 is 22.7 Å². The summed E-state index contributed by atoms with van der Waals surface area (Å²) >= 11 is 2.73. The molecule has 2 rings (SSSR count). The van der Waals surface area contributed by atoms with Crippen molar-refractivity contribution in [3.63, 3.8) is 0 Å². The minimum absolute atomic E-state index is 0.102. The second-order valence-electron chi connectivity index (χ2n) is 3.41. The summed E-state index contributed by atoms with van der Waals surface area (Å²) in [6.07, 6.45) is 0. The molecule has 2 amide bonds. The van der Waals surface area contributed by atoms with Crippen LogP contribution in [0.1, 0.15) is 15.9 Å². The van der Waals surface area contributed by atoms with Gasteiger partial charge >= 0.3 is 12.0 Å². The molecule has 0 aromatic carbocycles. The second-order valence-corrected chi connectivity index (χ2v) is 5.10. The van der Waals surface area contributed by atoms with Crippen molar-refractivity contribution in [2.24, 2.45) is 0 Å². The van der Waals surface area contributed by atoms with E-state index in [9.17, 15) is 9.59 Å². The number of amides is 2. The van der Waals surface area contributed by atoms with Gasteiger partial charge in [0, 0.05) is 6.54 Å². The molecular weight excluding hydrogens is 272 g/mol. The summed E-state index contributed by atoms with van der Waals surface area (Å²) in [5.74, 6) is -1.05. The topological polar surface area (TPSA) is 78.4 Å². The number of hydrogen-bond acceptors (Lipinski definition) is 4. The van der Waals surface area contributed by atoms with E-state index in [0.29, 0.717) is 11.5 Å². The summed E-state index contributed by atoms with van der Waals surface area (Å²) in [6, 6.07) is 2.96. The number of thiophene rings is 2. The lowest BCUT2D eigenvalue weighted by Gasteiger charge is -2.05. The zero-order chi connectivity index (χ0) is 13.0. The highest BCUT2D eigenvalue weighted by molar-refractivity contribution is 7.14. The van der Waals surface area contributed by atoms with Crippen molar-refractivity contribution in [3.8, 4) is 0 Å². The zero-order valence-electron chi connectivity index (χ0n) is 9.17. The summed E-state index contributed by atoms with van der Waals surface area (Å²) in [5, 5.41) is 19.9. The fourth-order valence-corrected chi connectivity index (χ4v) is 2.74. The van der Waals surface area contributed by atoms with Gasteiger partial charge in [0.1, 0.15) is 5.00 Å². The molecule has 2 aromatic heterocycles. The second kappa shape index (κ2) is 5.65. The summed E-state index contributed by atoms with van der Waals surface area (Å²) in [4.78, 5) is 22.4. The number of urea groups is 1. The van der Waals surface area contributed by atoms with E-state index in [1.807, 2.05) is 16.8 Å². The van der Waals surface area contributed by atoms with Gasteiger partial charge in [-0.25, -0.2) is 9.59 Å². The van der Waals surface area contributed by atoms with Crippen LogP contribution in [0.3, 0.4) is 0 Å². The number of carboxylic acids is 1. The standard InChI is InChI=1S/C11H10N2O3S2/c14-10(15)8-2-4-18-9(8)13-11(16)12-5-7-1-3-17-6-7/h1-4,6H,5H2,(H,14,15)(H2,12,13,16). The van der Waals surface area contributed by atoms with Crippen molar-refractivity contribution in [1.29, 1.82) is 0 Å². The lowest BCUT2D eigenvalue weighted by atomic mass is 10.3. The van der Waals surface area contributed by atoms with Crippen LogP contribution in [0.25, 0.3) is 0 Å². The highest BCUT2D eigenvalue weighted by Crippen LogP contribution is 2.22. The van der Waals surface area contributed by atoms with Gasteiger partial charge in [-0.1, -0.05) is 0 Å². The van der Waals surface area contributed by atoms with Gasteiger partial charge in [0.25, 0.3) is 0 Å². The third-order valence-corrected chi connectivity index (χ3v) is 3.72. The Labute approximate surface area is 111 Å². The molecule has 0 saturated carbocycles. The van der Waals surface area contributed by atoms with E-state index in [2.05, 4.69) is 10.6 Å². The largest absolute Gasteiger partial charge is 0.478 e. The fraction of sp³-hybridized carbons (Fsp3) is 0.0909. The molecule has 0 aliphatic heterocycles. The molecule has 0 spiro atoms. The number of hydrogen-bond donors (Lipinski definition) is 3. The molecule has 0 bridgehead atoms. The minimum Gasteiger partial charge on any atom is -0.478 e. The van der Waals surface area contributed by atoms with Crippen LogP contribution in [0.2, 0.25) is 0 Å². The summed E-state index contributed by atoms with van der Waals surface area (Å²) in [6.45, 7) is 0.420. The summed E-state index contributed by atoms with van der Waals surface area (Å²) < 4.78 is 0. The van der Waals surface area contributed by atoms with Gasteiger partial charge < -0.3 is 10.4 Å². The molecule has 18 heavy (non-hydrogen) atoms. The molecule has 0 atom stereocenters. The van der Waals surface area contributed by atoms with Gasteiger partial charge in [-0.3, -0.25) is 5.32 Å². The minimum atomic E-state index is -1.05. The Balaban J connectivity index is 1.91. The first-order valence-corrected chi connectivity index (χ1v) is 6.86. The molecule has 0 aliphatic rings. The van der Waals surface area contributed by atoms with Crippen molar-refractivity contribution < 1.29 is 14.7 Å². The first kappa shape index (κ1) is 12.6. The van der Waals surface area contributed by atoms with Crippen LogP contribution in [0.4, 0.5) is 9.80 Å². The van der Waals surface area contributed by atoms with Gasteiger partial charge in [-0.2, -0.15) is 11.3 Å². The summed E-state index contributed by atoms with van der Waals surface area (Å²) in [7, 11) is 0. The fourth-order valence-electron chi connectivity index (χ4n) is 1.30. The van der Waals surface area contributed by atoms with Crippen LogP contribution in [-0.2, 0) is 6.54 Å². The average Bonchev–Trinajstić information content (AvgIpc) is 2.96. The molecule has 2 aromatic rings. The monoisotopic (exact) mass is 282 g/mol. The van der Waals surface area contributed by atoms with Gasteiger partial charge in [0.2, 0.25) is 0 Å². The molecule has 0 fully saturated rings. The van der Waals surface area contributed by atoms with Crippen LogP contribution in [-0.4, -0.2) is 17.1 Å². The average molecular weight is 282 g/mol. The Morgan fingerprint density at radius 1 is 1.28 bits per heavy atom. The number of rotatable bonds is 4. The van der Waals surface area contributed by atoms with Crippen LogP contribution in [0, 0.1) is 0 Å². The van der Waals surface area contributed by atoms with Crippen molar-refractivity contribution in [2.75, 3.05) is 5.32 Å². The predicted octanol–water partition coefficient (Wildman–Crippen LogP) is 2.83. The Kier molecular flexibility index (Phi) is 3.96. The summed E-state index contributed by atoms with van der Waals surface area (Å²) in [5.41, 5.74) is 1.12. The number of nitrogens with one attached hydrogen (secondary N) is 2. The van der Waals surface area contributed by atoms with E-state index >= 15 is 0 Å². The van der Waals surface area contributed by atoms with Gasteiger partial charge in [-0.15, -0.1) is 11.3 Å². The van der Waals surface area contributed by atoms with E-state index in [4.69, 9.17) is 5.11 Å². The van der Waals surface area contributed by atoms with Crippen molar-refractivity contribution in [2.45, 2.75) is 6.54 Å². The third kappa shape index (κ3) is 3.08. The van der Waals surface area contributed by atoms with Crippen LogP contribution < -0.4 is 10.6 Å². The first-order valence-electron chi connectivity index (χ1n) is 5.03. The predicted molar refractivity (Wildman–Crippen MR) is 71.5 cm³/mol. The maximum absolute atomic E-state index is 11.6. The number of carboxylic acid groups (broad SMARTS) is 1. The number of carbonyl (C=O) groups excluding carboxylic acids is 1.